The number of anilines is 1. The van der Waals surface area contributed by atoms with Gasteiger partial charge in [0.05, 0.1) is 6.04 Å². The molecule has 2 rings (SSSR count). The molecule has 0 spiro atoms. The van der Waals surface area contributed by atoms with Crippen molar-refractivity contribution in [3.63, 3.8) is 0 Å². The predicted molar refractivity (Wildman–Crippen MR) is 71.5 cm³/mol. The third-order valence-corrected chi connectivity index (χ3v) is 2.96. The molecule has 2 heterocycles. The summed E-state index contributed by atoms with van der Waals surface area (Å²) >= 11 is 3.41. The van der Waals surface area contributed by atoms with Crippen LogP contribution in [0, 0.1) is 0 Å². The molecule has 1 atom stereocenters. The number of nitrogens with one attached hydrogen (secondary N) is 1. The first kappa shape index (κ1) is 12.0. The van der Waals surface area contributed by atoms with Crippen LogP contribution in [0.4, 0.5) is 5.82 Å². The Morgan fingerprint density at radius 1 is 1.41 bits per heavy atom. The Kier molecular flexibility index (Phi) is 3.71. The highest BCUT2D eigenvalue weighted by molar-refractivity contribution is 9.10. The van der Waals surface area contributed by atoms with Crippen molar-refractivity contribution in [3.05, 3.63) is 52.4 Å². The van der Waals surface area contributed by atoms with Crippen LogP contribution < -0.4 is 11.1 Å². The number of pyridine rings is 2. The van der Waals surface area contributed by atoms with Crippen LogP contribution in [0.2, 0.25) is 0 Å². The lowest BCUT2D eigenvalue weighted by atomic mass is 10.0. The molecule has 17 heavy (non-hydrogen) atoms. The summed E-state index contributed by atoms with van der Waals surface area (Å²) < 4.78 is 0.942. The topological polar surface area (TPSA) is 63.8 Å². The van der Waals surface area contributed by atoms with Crippen LogP contribution in [0.1, 0.15) is 17.2 Å². The minimum absolute atomic E-state index is 0.00583. The second-order valence-corrected chi connectivity index (χ2v) is 4.55. The first-order valence-electron chi connectivity index (χ1n) is 5.20. The van der Waals surface area contributed by atoms with Gasteiger partial charge in [-0.2, -0.15) is 0 Å². The fourth-order valence-electron chi connectivity index (χ4n) is 1.76. The third-order valence-electron chi connectivity index (χ3n) is 2.53. The van der Waals surface area contributed by atoms with E-state index in [0.717, 1.165) is 15.6 Å². The van der Waals surface area contributed by atoms with E-state index < -0.39 is 0 Å². The lowest BCUT2D eigenvalue weighted by Crippen LogP contribution is -2.19. The van der Waals surface area contributed by atoms with Crippen molar-refractivity contribution >= 4 is 21.7 Å². The van der Waals surface area contributed by atoms with Crippen molar-refractivity contribution < 1.29 is 0 Å². The van der Waals surface area contributed by atoms with Gasteiger partial charge in [-0.3, -0.25) is 4.98 Å². The molecule has 0 radical (unpaired) electrons. The molecule has 0 aromatic carbocycles. The summed E-state index contributed by atoms with van der Waals surface area (Å²) in [5.74, 6) is 0.534. The first-order chi connectivity index (χ1) is 8.22. The van der Waals surface area contributed by atoms with Crippen molar-refractivity contribution in [2.45, 2.75) is 6.04 Å². The molecule has 0 saturated heterocycles. The molecule has 0 amide bonds. The highest BCUT2D eigenvalue weighted by atomic mass is 79.9. The molecule has 88 valence electrons. The highest BCUT2D eigenvalue weighted by Gasteiger charge is 2.15. The van der Waals surface area contributed by atoms with E-state index in [4.69, 9.17) is 5.73 Å². The molecule has 0 aliphatic rings. The van der Waals surface area contributed by atoms with E-state index in [2.05, 4.69) is 31.2 Å². The van der Waals surface area contributed by atoms with Crippen molar-refractivity contribution in [1.29, 1.82) is 0 Å². The molecule has 0 aliphatic heterocycles. The van der Waals surface area contributed by atoms with Crippen LogP contribution in [-0.4, -0.2) is 17.0 Å². The average Bonchev–Trinajstić information content (AvgIpc) is 2.33. The Labute approximate surface area is 108 Å². The van der Waals surface area contributed by atoms with Gasteiger partial charge >= 0.3 is 0 Å². The van der Waals surface area contributed by atoms with E-state index in [9.17, 15) is 0 Å². The summed E-state index contributed by atoms with van der Waals surface area (Å²) in [6.07, 6.45) is 5.26. The van der Waals surface area contributed by atoms with Gasteiger partial charge in [0.1, 0.15) is 5.82 Å². The molecule has 0 aliphatic carbocycles. The van der Waals surface area contributed by atoms with E-state index in [0.29, 0.717) is 5.82 Å². The standard InChI is InChI=1S/C12H13BrN4/c1-15-11(8-5-9(13)7-16-6-8)10-3-2-4-17-12(10)14/h2-7,11,15H,1H3,(H2,14,17). The van der Waals surface area contributed by atoms with Gasteiger partial charge in [-0.05, 0) is 40.7 Å². The first-order valence-corrected chi connectivity index (χ1v) is 5.99. The maximum atomic E-state index is 5.89. The van der Waals surface area contributed by atoms with Crippen LogP contribution in [0.5, 0.6) is 0 Å². The van der Waals surface area contributed by atoms with Gasteiger partial charge in [-0.15, -0.1) is 0 Å². The summed E-state index contributed by atoms with van der Waals surface area (Å²) in [6, 6.07) is 5.85. The Hall–Kier alpha value is -1.46. The quantitative estimate of drug-likeness (QED) is 0.910. The zero-order valence-corrected chi connectivity index (χ0v) is 11.0. The minimum atomic E-state index is -0.00583. The second-order valence-electron chi connectivity index (χ2n) is 3.64. The Morgan fingerprint density at radius 2 is 2.24 bits per heavy atom. The number of nitrogens with zero attached hydrogens (tertiary/aromatic N) is 2. The van der Waals surface area contributed by atoms with Gasteiger partial charge in [-0.1, -0.05) is 6.07 Å². The van der Waals surface area contributed by atoms with E-state index in [1.165, 1.54) is 0 Å². The summed E-state index contributed by atoms with van der Waals surface area (Å²) in [5.41, 5.74) is 7.89. The van der Waals surface area contributed by atoms with Gasteiger partial charge in [0.25, 0.3) is 0 Å². The number of aromatic nitrogens is 2. The van der Waals surface area contributed by atoms with Gasteiger partial charge < -0.3 is 11.1 Å². The van der Waals surface area contributed by atoms with Gasteiger partial charge in [0, 0.05) is 28.6 Å². The molecule has 0 fully saturated rings. The summed E-state index contributed by atoms with van der Waals surface area (Å²) in [7, 11) is 1.89. The van der Waals surface area contributed by atoms with E-state index in [1.807, 2.05) is 31.4 Å². The number of hydrogen-bond acceptors (Lipinski definition) is 4. The van der Waals surface area contributed by atoms with E-state index in [-0.39, 0.29) is 6.04 Å². The maximum absolute atomic E-state index is 5.89. The zero-order chi connectivity index (χ0) is 12.3. The van der Waals surface area contributed by atoms with Crippen LogP contribution in [0.3, 0.4) is 0 Å². The average molecular weight is 293 g/mol. The second kappa shape index (κ2) is 5.25. The number of nitrogens with two attached hydrogens (primary N) is 1. The van der Waals surface area contributed by atoms with Crippen molar-refractivity contribution in [1.82, 2.24) is 15.3 Å². The van der Waals surface area contributed by atoms with E-state index >= 15 is 0 Å². The highest BCUT2D eigenvalue weighted by Crippen LogP contribution is 2.25. The fourth-order valence-corrected chi connectivity index (χ4v) is 2.14. The molecule has 4 nitrogen and oxygen atoms in total. The minimum Gasteiger partial charge on any atom is -0.383 e. The third kappa shape index (κ3) is 2.62. The lowest BCUT2D eigenvalue weighted by molar-refractivity contribution is 0.688. The summed E-state index contributed by atoms with van der Waals surface area (Å²) in [4.78, 5) is 8.26. The molecule has 1 unspecified atom stereocenters. The largest absolute Gasteiger partial charge is 0.383 e. The van der Waals surface area contributed by atoms with Crippen molar-refractivity contribution in [3.8, 4) is 0 Å². The van der Waals surface area contributed by atoms with Crippen molar-refractivity contribution in [2.75, 3.05) is 12.8 Å². The summed E-state index contributed by atoms with van der Waals surface area (Å²) in [5, 5.41) is 3.22. The normalized spacial score (nSPS) is 12.4. The van der Waals surface area contributed by atoms with Crippen LogP contribution >= 0.6 is 15.9 Å². The summed E-state index contributed by atoms with van der Waals surface area (Å²) in [6.45, 7) is 0. The number of nitrogen functional groups attached to an aromatic ring is 1. The maximum Gasteiger partial charge on any atom is 0.128 e. The molecule has 2 aromatic heterocycles. The molecule has 2 aromatic rings. The van der Waals surface area contributed by atoms with Crippen LogP contribution in [0.15, 0.2) is 41.3 Å². The predicted octanol–water partition coefficient (Wildman–Crippen LogP) is 2.13. The molecule has 3 N–H and O–H groups in total. The zero-order valence-electron chi connectivity index (χ0n) is 9.39. The Balaban J connectivity index is 2.44. The van der Waals surface area contributed by atoms with Crippen LogP contribution in [-0.2, 0) is 0 Å². The molecular weight excluding hydrogens is 280 g/mol. The van der Waals surface area contributed by atoms with Gasteiger partial charge in [-0.25, -0.2) is 4.98 Å². The fraction of sp³-hybridized carbons (Fsp3) is 0.167. The van der Waals surface area contributed by atoms with Gasteiger partial charge in [0.15, 0.2) is 0 Å². The van der Waals surface area contributed by atoms with Crippen molar-refractivity contribution in [2.24, 2.45) is 0 Å². The smallest absolute Gasteiger partial charge is 0.128 e. The Bertz CT molecular complexity index is 515. The molecule has 0 saturated carbocycles. The molecular formula is C12H13BrN4. The number of halogens is 1. The lowest BCUT2D eigenvalue weighted by Gasteiger charge is -2.18. The monoisotopic (exact) mass is 292 g/mol. The molecule has 5 heteroatoms. The van der Waals surface area contributed by atoms with Gasteiger partial charge in [0.2, 0.25) is 0 Å². The Morgan fingerprint density at radius 3 is 2.88 bits per heavy atom. The molecule has 0 bridgehead atoms. The van der Waals surface area contributed by atoms with E-state index in [1.54, 1.807) is 12.4 Å². The number of rotatable bonds is 3. The van der Waals surface area contributed by atoms with Crippen LogP contribution in [0.25, 0.3) is 0 Å². The SMILES string of the molecule is CNC(c1cncc(Br)c1)c1cccnc1N. The number of hydrogen-bond donors (Lipinski definition) is 2.